The minimum absolute atomic E-state index is 0.0981. The van der Waals surface area contributed by atoms with Gasteiger partial charge in [0.15, 0.2) is 6.10 Å². The highest BCUT2D eigenvalue weighted by Crippen LogP contribution is 2.17. The van der Waals surface area contributed by atoms with Crippen LogP contribution in [0.1, 0.15) is 329 Å². The van der Waals surface area contributed by atoms with Gasteiger partial charge in [0.2, 0.25) is 0 Å². The third-order valence-corrected chi connectivity index (χ3v) is 14.4. The molecule has 0 spiro atoms. The average Bonchev–Trinajstić information content (AvgIpc) is 3.43. The first kappa shape index (κ1) is 73.6. The Balaban J connectivity index is 4.33. The number of ether oxygens (including phenoxy) is 3. The first-order chi connectivity index (χ1) is 38.0. The molecule has 0 amide bonds. The number of hydrogen-bond acceptors (Lipinski definition) is 6. The summed E-state index contributed by atoms with van der Waals surface area (Å²) in [5.74, 6) is -0.972. The second kappa shape index (κ2) is 65.1. The molecule has 0 aliphatic heterocycles. The number of hydrogen-bond donors (Lipinski definition) is 0. The average molecular weight is 1070 g/mol. The number of carbonyl (C=O) groups excluding carboxylic acids is 3. The van der Waals surface area contributed by atoms with Crippen LogP contribution >= 0.6 is 0 Å². The molecule has 0 radical (unpaired) electrons. The molecule has 444 valence electrons. The van der Waals surface area contributed by atoms with Crippen molar-refractivity contribution < 1.29 is 28.6 Å². The lowest BCUT2D eigenvalue weighted by atomic mass is 10.0. The Morgan fingerprint density at radius 1 is 0.273 bits per heavy atom. The topological polar surface area (TPSA) is 78.9 Å². The minimum atomic E-state index is -0.807. The van der Waals surface area contributed by atoms with E-state index in [9.17, 15) is 14.4 Å². The molecule has 6 nitrogen and oxygen atoms in total. The zero-order chi connectivity index (χ0) is 55.7. The van der Waals surface area contributed by atoms with Crippen molar-refractivity contribution in [2.24, 2.45) is 0 Å². The molecule has 0 saturated carbocycles. The van der Waals surface area contributed by atoms with Crippen LogP contribution in [0.3, 0.4) is 0 Å². The van der Waals surface area contributed by atoms with Crippen LogP contribution < -0.4 is 0 Å². The summed E-state index contributed by atoms with van der Waals surface area (Å²) >= 11 is 0. The predicted octanol–water partition coefficient (Wildman–Crippen LogP) is 22.7. The fourth-order valence-electron chi connectivity index (χ4n) is 9.47. The van der Waals surface area contributed by atoms with Gasteiger partial charge in [-0.25, -0.2) is 0 Å². The lowest BCUT2D eigenvalue weighted by Gasteiger charge is -2.18. The molecule has 0 aromatic rings. The number of allylic oxidation sites excluding steroid dienone is 14. The highest BCUT2D eigenvalue weighted by atomic mass is 16.6. The Bertz CT molecular complexity index is 1470. The van der Waals surface area contributed by atoms with Crippen molar-refractivity contribution in [2.75, 3.05) is 13.2 Å². The highest BCUT2D eigenvalue weighted by Gasteiger charge is 2.19. The Labute approximate surface area is 477 Å². The van der Waals surface area contributed by atoms with Crippen molar-refractivity contribution in [3.63, 3.8) is 0 Å². The summed E-state index contributed by atoms with van der Waals surface area (Å²) in [5, 5.41) is 0. The molecule has 1 unspecified atom stereocenters. The molecule has 0 N–H and O–H groups in total. The van der Waals surface area contributed by atoms with E-state index in [0.29, 0.717) is 19.3 Å². The summed E-state index contributed by atoms with van der Waals surface area (Å²) in [4.78, 5) is 38.3. The van der Waals surface area contributed by atoms with Gasteiger partial charge in [-0.2, -0.15) is 0 Å². The summed E-state index contributed by atoms with van der Waals surface area (Å²) in [5.41, 5.74) is 0. The van der Waals surface area contributed by atoms with E-state index in [0.717, 1.165) is 77.0 Å². The van der Waals surface area contributed by atoms with E-state index in [-0.39, 0.29) is 37.5 Å². The van der Waals surface area contributed by atoms with Crippen molar-refractivity contribution in [1.82, 2.24) is 0 Å². The van der Waals surface area contributed by atoms with Crippen molar-refractivity contribution in [3.05, 3.63) is 85.1 Å². The van der Waals surface area contributed by atoms with Gasteiger partial charge in [0.1, 0.15) is 13.2 Å². The van der Waals surface area contributed by atoms with Crippen LogP contribution in [0, 0.1) is 0 Å². The number of unbranched alkanes of at least 4 members (excludes halogenated alkanes) is 35. The van der Waals surface area contributed by atoms with Crippen LogP contribution in [0.5, 0.6) is 0 Å². The van der Waals surface area contributed by atoms with E-state index in [4.69, 9.17) is 14.2 Å². The molecule has 0 fully saturated rings. The van der Waals surface area contributed by atoms with E-state index in [1.807, 2.05) is 6.08 Å². The molecule has 77 heavy (non-hydrogen) atoms. The third-order valence-electron chi connectivity index (χ3n) is 14.4. The zero-order valence-electron chi connectivity index (χ0n) is 51.0. The molecule has 0 aliphatic rings. The number of rotatable bonds is 60. The first-order valence-corrected chi connectivity index (χ1v) is 33.1. The van der Waals surface area contributed by atoms with Gasteiger partial charge in [-0.15, -0.1) is 0 Å². The number of carbonyl (C=O) groups is 3. The Morgan fingerprint density at radius 2 is 0.532 bits per heavy atom. The summed E-state index contributed by atoms with van der Waals surface area (Å²) in [6, 6.07) is 0. The van der Waals surface area contributed by atoms with E-state index < -0.39 is 6.10 Å². The number of esters is 3. The van der Waals surface area contributed by atoms with Gasteiger partial charge in [-0.3, -0.25) is 14.4 Å². The van der Waals surface area contributed by atoms with Crippen molar-refractivity contribution in [3.8, 4) is 0 Å². The Morgan fingerprint density at radius 3 is 0.870 bits per heavy atom. The molecular formula is C71H124O6. The maximum absolute atomic E-state index is 12.9. The van der Waals surface area contributed by atoms with Crippen LogP contribution in [0.25, 0.3) is 0 Å². The minimum Gasteiger partial charge on any atom is -0.462 e. The van der Waals surface area contributed by atoms with Crippen molar-refractivity contribution in [2.45, 2.75) is 335 Å². The lowest BCUT2D eigenvalue weighted by Crippen LogP contribution is -2.30. The zero-order valence-corrected chi connectivity index (χ0v) is 51.0. The predicted molar refractivity (Wildman–Crippen MR) is 334 cm³/mol. The molecule has 0 aromatic carbocycles. The van der Waals surface area contributed by atoms with Crippen LogP contribution in [0.15, 0.2) is 85.1 Å². The van der Waals surface area contributed by atoms with Crippen molar-refractivity contribution >= 4 is 17.9 Å². The van der Waals surface area contributed by atoms with Crippen LogP contribution in [-0.4, -0.2) is 37.2 Å². The summed E-state index contributed by atoms with van der Waals surface area (Å²) in [6.07, 6.45) is 86.2. The van der Waals surface area contributed by atoms with Crippen molar-refractivity contribution in [1.29, 1.82) is 0 Å². The summed E-state index contributed by atoms with van der Waals surface area (Å²) in [6.45, 7) is 6.49. The lowest BCUT2D eigenvalue weighted by molar-refractivity contribution is -0.166. The maximum Gasteiger partial charge on any atom is 0.306 e. The molecule has 0 bridgehead atoms. The Hall–Kier alpha value is -3.41. The fourth-order valence-corrected chi connectivity index (χ4v) is 9.47. The molecule has 6 heteroatoms. The van der Waals surface area contributed by atoms with Gasteiger partial charge in [-0.05, 0) is 83.5 Å². The second-order valence-corrected chi connectivity index (χ2v) is 22.0. The highest BCUT2D eigenvalue weighted by molar-refractivity contribution is 5.71. The third kappa shape index (κ3) is 63.3. The quantitative estimate of drug-likeness (QED) is 0.0261. The Kier molecular flexibility index (Phi) is 62.2. The van der Waals surface area contributed by atoms with Gasteiger partial charge in [0.25, 0.3) is 0 Å². The van der Waals surface area contributed by atoms with Crippen LogP contribution in [-0.2, 0) is 28.6 Å². The SMILES string of the molecule is CC/C=C\C/C=C\C/C=C\C/C=C\CCC(=O)OCC(COC(=O)CCCCCCCCCCCC/C=C\C/C=C\C/C=C\CCCCCCC)OC(=O)CCCCCCCCCCCCCCCCCCCCCCC. The van der Waals surface area contributed by atoms with Gasteiger partial charge in [-0.1, -0.05) is 311 Å². The van der Waals surface area contributed by atoms with Gasteiger partial charge >= 0.3 is 17.9 Å². The normalized spacial score (nSPS) is 12.6. The standard InChI is InChI=1S/C71H124O6/c1-4-7-10-13-16-19-22-25-27-29-31-33-34-35-36-38-39-41-43-46-49-52-55-58-61-64-70(73)76-67-68(66-75-69(72)63-60-57-54-51-48-45-24-21-18-15-12-9-6-3)77-71(74)65-62-59-56-53-50-47-44-42-40-37-32-30-28-26-23-20-17-14-11-8-5-2/h9,12,18,21-22,25,29,31,34-35,45,48,54,57,68H,4-8,10-11,13-17,19-20,23-24,26-28,30,32-33,36-44,46-47,49-53,55-56,58-67H2,1-3H3/b12-9-,21-18-,25-22-,31-29-,35-34-,48-45-,57-54-. The smallest absolute Gasteiger partial charge is 0.306 e. The summed E-state index contributed by atoms with van der Waals surface area (Å²) < 4.78 is 16.9. The molecule has 0 rings (SSSR count). The molecule has 0 aliphatic carbocycles. The van der Waals surface area contributed by atoms with E-state index in [1.165, 1.54) is 205 Å². The van der Waals surface area contributed by atoms with Gasteiger partial charge in [0.05, 0.1) is 0 Å². The van der Waals surface area contributed by atoms with E-state index >= 15 is 0 Å². The molecule has 1 atom stereocenters. The first-order valence-electron chi connectivity index (χ1n) is 33.1. The molecule has 0 heterocycles. The molecule has 0 aromatic heterocycles. The van der Waals surface area contributed by atoms with E-state index in [1.54, 1.807) is 0 Å². The monoisotopic (exact) mass is 1070 g/mol. The largest absolute Gasteiger partial charge is 0.462 e. The maximum atomic E-state index is 12.9. The molecule has 0 saturated heterocycles. The van der Waals surface area contributed by atoms with Gasteiger partial charge < -0.3 is 14.2 Å². The second-order valence-electron chi connectivity index (χ2n) is 22.0. The van der Waals surface area contributed by atoms with Crippen LogP contribution in [0.2, 0.25) is 0 Å². The van der Waals surface area contributed by atoms with Gasteiger partial charge in [0, 0.05) is 19.3 Å². The van der Waals surface area contributed by atoms with E-state index in [2.05, 4.69) is 99.8 Å². The molecular weight excluding hydrogens is 949 g/mol. The fraction of sp³-hybridized carbons (Fsp3) is 0.761. The summed E-state index contributed by atoms with van der Waals surface area (Å²) in [7, 11) is 0. The van der Waals surface area contributed by atoms with Crippen LogP contribution in [0.4, 0.5) is 0 Å².